The summed E-state index contributed by atoms with van der Waals surface area (Å²) < 4.78 is 27.7. The van der Waals surface area contributed by atoms with Crippen molar-refractivity contribution in [2.24, 2.45) is 7.05 Å². The molecule has 0 aliphatic rings. The molecule has 0 spiro atoms. The molecule has 0 aliphatic carbocycles. The fourth-order valence-electron chi connectivity index (χ4n) is 1.31. The molecular formula is C10H9F2N3. The molecule has 78 valence electrons. The zero-order chi connectivity index (χ0) is 11.0. The summed E-state index contributed by atoms with van der Waals surface area (Å²) in [4.78, 5) is 0. The third-order valence-electron chi connectivity index (χ3n) is 2.14. The van der Waals surface area contributed by atoms with Gasteiger partial charge < -0.3 is 5.73 Å². The fourth-order valence-corrected chi connectivity index (χ4v) is 1.31. The Morgan fingerprint density at radius 1 is 1.33 bits per heavy atom. The quantitative estimate of drug-likeness (QED) is 0.780. The van der Waals surface area contributed by atoms with Gasteiger partial charge in [0.2, 0.25) is 0 Å². The lowest BCUT2D eigenvalue weighted by molar-refractivity contribution is 0.510. The largest absolute Gasteiger partial charge is 0.384 e. The first-order valence-corrected chi connectivity index (χ1v) is 4.33. The predicted octanol–water partition coefficient (Wildman–Crippen LogP) is 1.95. The maximum atomic E-state index is 13.4. The van der Waals surface area contributed by atoms with Gasteiger partial charge in [-0.2, -0.15) is 5.10 Å². The number of aromatic nitrogens is 2. The summed E-state index contributed by atoms with van der Waals surface area (Å²) in [5.74, 6) is -1.40. The second-order valence-corrected chi connectivity index (χ2v) is 3.18. The van der Waals surface area contributed by atoms with Crippen LogP contribution in [0.25, 0.3) is 11.3 Å². The lowest BCUT2D eigenvalue weighted by Gasteiger charge is -1.99. The Bertz CT molecular complexity index is 486. The van der Waals surface area contributed by atoms with Crippen molar-refractivity contribution >= 4 is 5.82 Å². The van der Waals surface area contributed by atoms with Crippen LogP contribution in [0.5, 0.6) is 0 Å². The lowest BCUT2D eigenvalue weighted by Crippen LogP contribution is -1.97. The first-order valence-electron chi connectivity index (χ1n) is 4.33. The minimum Gasteiger partial charge on any atom is -0.384 e. The molecule has 2 N–H and O–H groups in total. The number of nitrogen functional groups attached to an aromatic ring is 1. The van der Waals surface area contributed by atoms with Crippen LogP contribution in [0.1, 0.15) is 0 Å². The average Bonchev–Trinajstić information content (AvgIpc) is 2.51. The minimum absolute atomic E-state index is 0.113. The molecule has 1 aromatic carbocycles. The highest BCUT2D eigenvalue weighted by atomic mass is 19.2. The summed E-state index contributed by atoms with van der Waals surface area (Å²) in [5.41, 5.74) is 5.99. The molecule has 0 unspecified atom stereocenters. The van der Waals surface area contributed by atoms with Gasteiger partial charge in [-0.25, -0.2) is 8.78 Å². The number of rotatable bonds is 1. The molecule has 0 amide bonds. The summed E-state index contributed by atoms with van der Waals surface area (Å²) in [6.45, 7) is 0. The maximum Gasteiger partial charge on any atom is 0.168 e. The Morgan fingerprint density at radius 2 is 2.07 bits per heavy atom. The van der Waals surface area contributed by atoms with Crippen molar-refractivity contribution in [1.82, 2.24) is 9.78 Å². The second kappa shape index (κ2) is 3.34. The van der Waals surface area contributed by atoms with Crippen LogP contribution in [0.2, 0.25) is 0 Å². The first-order chi connectivity index (χ1) is 7.09. The van der Waals surface area contributed by atoms with Crippen LogP contribution in [0.3, 0.4) is 0 Å². The van der Waals surface area contributed by atoms with E-state index in [1.165, 1.54) is 22.9 Å². The normalized spacial score (nSPS) is 10.6. The van der Waals surface area contributed by atoms with E-state index in [2.05, 4.69) is 5.10 Å². The molecule has 5 heteroatoms. The van der Waals surface area contributed by atoms with Crippen LogP contribution >= 0.6 is 0 Å². The molecule has 0 bridgehead atoms. The summed E-state index contributed by atoms with van der Waals surface area (Å²) in [6.07, 6.45) is 0. The van der Waals surface area contributed by atoms with Gasteiger partial charge in [0.25, 0.3) is 0 Å². The third-order valence-corrected chi connectivity index (χ3v) is 2.14. The monoisotopic (exact) mass is 209 g/mol. The summed E-state index contributed by atoms with van der Waals surface area (Å²) >= 11 is 0. The van der Waals surface area contributed by atoms with E-state index in [9.17, 15) is 8.78 Å². The molecule has 0 saturated heterocycles. The second-order valence-electron chi connectivity index (χ2n) is 3.18. The smallest absolute Gasteiger partial charge is 0.168 e. The topological polar surface area (TPSA) is 43.8 Å². The van der Waals surface area contributed by atoms with Crippen LogP contribution in [0.4, 0.5) is 14.6 Å². The number of aryl methyl sites for hydroxylation is 1. The molecule has 0 radical (unpaired) electrons. The highest BCUT2D eigenvalue weighted by Gasteiger charge is 2.12. The molecule has 1 aromatic heterocycles. The van der Waals surface area contributed by atoms with Gasteiger partial charge in [-0.3, -0.25) is 4.68 Å². The number of nitrogens with zero attached hydrogens (tertiary/aromatic N) is 2. The minimum atomic E-state index is -0.907. The Morgan fingerprint density at radius 3 is 2.67 bits per heavy atom. The van der Waals surface area contributed by atoms with E-state index in [-0.39, 0.29) is 5.56 Å². The molecule has 0 aliphatic heterocycles. The standard InChI is InChI=1S/C10H9F2N3/c1-15-9(13)5-8(14-15)6-3-2-4-7(11)10(6)12/h2-5H,13H2,1H3. The molecule has 0 atom stereocenters. The van der Waals surface area contributed by atoms with Crippen LogP contribution in [0, 0.1) is 11.6 Å². The van der Waals surface area contributed by atoms with Gasteiger partial charge in [0, 0.05) is 18.7 Å². The van der Waals surface area contributed by atoms with E-state index >= 15 is 0 Å². The molecule has 15 heavy (non-hydrogen) atoms. The Hall–Kier alpha value is -1.91. The Balaban J connectivity index is 2.59. The number of benzene rings is 1. The summed E-state index contributed by atoms with van der Waals surface area (Å²) in [5, 5.41) is 3.97. The van der Waals surface area contributed by atoms with E-state index in [1.54, 1.807) is 7.05 Å². The highest BCUT2D eigenvalue weighted by Crippen LogP contribution is 2.24. The van der Waals surface area contributed by atoms with Crippen molar-refractivity contribution in [3.63, 3.8) is 0 Å². The average molecular weight is 209 g/mol. The van der Waals surface area contributed by atoms with E-state index in [4.69, 9.17) is 5.73 Å². The van der Waals surface area contributed by atoms with E-state index in [1.807, 2.05) is 0 Å². The predicted molar refractivity (Wildman–Crippen MR) is 53.0 cm³/mol. The molecule has 0 saturated carbocycles. The molecule has 0 fully saturated rings. The van der Waals surface area contributed by atoms with Gasteiger partial charge in [0.05, 0.1) is 5.69 Å². The number of hydrogen-bond acceptors (Lipinski definition) is 2. The zero-order valence-corrected chi connectivity index (χ0v) is 8.04. The van der Waals surface area contributed by atoms with Gasteiger partial charge in [-0.15, -0.1) is 0 Å². The zero-order valence-electron chi connectivity index (χ0n) is 8.04. The lowest BCUT2D eigenvalue weighted by atomic mass is 10.1. The van der Waals surface area contributed by atoms with Gasteiger partial charge in [0.1, 0.15) is 5.82 Å². The van der Waals surface area contributed by atoms with Crippen LogP contribution in [-0.4, -0.2) is 9.78 Å². The van der Waals surface area contributed by atoms with Crippen molar-refractivity contribution < 1.29 is 8.78 Å². The van der Waals surface area contributed by atoms with Crippen molar-refractivity contribution in [2.45, 2.75) is 0 Å². The third kappa shape index (κ3) is 1.56. The summed E-state index contributed by atoms with van der Waals surface area (Å²) in [7, 11) is 1.63. The van der Waals surface area contributed by atoms with E-state index in [0.29, 0.717) is 11.5 Å². The number of anilines is 1. The number of hydrogen-bond donors (Lipinski definition) is 1. The van der Waals surface area contributed by atoms with Crippen molar-refractivity contribution in [2.75, 3.05) is 5.73 Å². The fraction of sp³-hybridized carbons (Fsp3) is 0.100. The van der Waals surface area contributed by atoms with Gasteiger partial charge in [-0.05, 0) is 12.1 Å². The maximum absolute atomic E-state index is 13.4. The Kier molecular flexibility index (Phi) is 2.15. The molecule has 2 rings (SSSR count). The van der Waals surface area contributed by atoms with Crippen LogP contribution in [-0.2, 0) is 7.05 Å². The van der Waals surface area contributed by atoms with E-state index < -0.39 is 11.6 Å². The molecule has 1 heterocycles. The van der Waals surface area contributed by atoms with Crippen LogP contribution in [0.15, 0.2) is 24.3 Å². The molecule has 2 aromatic rings. The first kappa shape index (κ1) is 9.64. The van der Waals surface area contributed by atoms with Gasteiger partial charge in [0.15, 0.2) is 11.6 Å². The molecular weight excluding hydrogens is 200 g/mol. The van der Waals surface area contributed by atoms with Gasteiger partial charge >= 0.3 is 0 Å². The number of halogens is 2. The molecule has 3 nitrogen and oxygen atoms in total. The number of nitrogens with two attached hydrogens (primary N) is 1. The van der Waals surface area contributed by atoms with Gasteiger partial charge in [-0.1, -0.05) is 6.07 Å². The summed E-state index contributed by atoms with van der Waals surface area (Å²) in [6, 6.07) is 5.45. The highest BCUT2D eigenvalue weighted by molar-refractivity contribution is 5.62. The Labute approximate surface area is 85.1 Å². The van der Waals surface area contributed by atoms with Crippen molar-refractivity contribution in [3.05, 3.63) is 35.9 Å². The van der Waals surface area contributed by atoms with E-state index in [0.717, 1.165) is 6.07 Å². The van der Waals surface area contributed by atoms with Crippen molar-refractivity contribution in [1.29, 1.82) is 0 Å². The van der Waals surface area contributed by atoms with Crippen LogP contribution < -0.4 is 5.73 Å². The van der Waals surface area contributed by atoms with Crippen molar-refractivity contribution in [3.8, 4) is 11.3 Å². The SMILES string of the molecule is Cn1nc(-c2cccc(F)c2F)cc1N.